The van der Waals surface area contributed by atoms with Crippen molar-refractivity contribution in [2.45, 2.75) is 13.8 Å². The predicted molar refractivity (Wildman–Crippen MR) is 53.1 cm³/mol. The second-order valence-corrected chi connectivity index (χ2v) is 2.27. The molecule has 0 spiro atoms. The summed E-state index contributed by atoms with van der Waals surface area (Å²) >= 11 is 0. The summed E-state index contributed by atoms with van der Waals surface area (Å²) in [6.45, 7) is 9.39. The van der Waals surface area contributed by atoms with Crippen LogP contribution < -0.4 is 18.9 Å². The fourth-order valence-corrected chi connectivity index (χ4v) is 0.682. The van der Waals surface area contributed by atoms with Crippen molar-refractivity contribution in [1.82, 2.24) is 0 Å². The van der Waals surface area contributed by atoms with Crippen LogP contribution in [0.25, 0.3) is 0 Å². The third-order valence-electron chi connectivity index (χ3n) is 1.25. The van der Waals surface area contributed by atoms with Gasteiger partial charge in [0.25, 0.3) is 0 Å². The van der Waals surface area contributed by atoms with Gasteiger partial charge in [-0.15, -0.1) is 12.1 Å². The van der Waals surface area contributed by atoms with E-state index in [1.165, 1.54) is 0 Å². The molecule has 0 unspecified atom stereocenters. The molecule has 13 heavy (non-hydrogen) atoms. The summed E-state index contributed by atoms with van der Waals surface area (Å²) in [5.74, 6) is 0. The predicted octanol–water partition coefficient (Wildman–Crippen LogP) is -0.0844. The first-order valence-electron chi connectivity index (χ1n) is 4.26. The number of ether oxygens (including phenoxy) is 1. The molecule has 1 aromatic rings. The van der Waals surface area contributed by atoms with E-state index in [4.69, 9.17) is 4.74 Å². The summed E-state index contributed by atoms with van der Waals surface area (Å²) in [6.07, 6.45) is 0. The summed E-state index contributed by atoms with van der Waals surface area (Å²) in [5.41, 5.74) is 1.07. The van der Waals surface area contributed by atoms with Crippen molar-refractivity contribution in [2.24, 2.45) is 0 Å². The number of hydrogen-bond acceptors (Lipinski definition) is 1. The van der Waals surface area contributed by atoms with Crippen LogP contribution in [-0.4, -0.2) is 13.2 Å². The van der Waals surface area contributed by atoms with Gasteiger partial charge in [-0.3, -0.25) is 0 Å². The molecule has 1 nitrogen and oxygen atoms in total. The minimum absolute atomic E-state index is 0. The van der Waals surface area contributed by atoms with E-state index in [1.807, 2.05) is 44.2 Å². The topological polar surface area (TPSA) is 9.23 Å². The minimum atomic E-state index is 0. The molecular formula is C11H17LiO. The van der Waals surface area contributed by atoms with Gasteiger partial charge in [0.05, 0.1) is 0 Å². The van der Waals surface area contributed by atoms with Gasteiger partial charge in [0.1, 0.15) is 0 Å². The van der Waals surface area contributed by atoms with Gasteiger partial charge in [-0.1, -0.05) is 6.07 Å². The van der Waals surface area contributed by atoms with Crippen LogP contribution in [0.4, 0.5) is 0 Å². The average molecular weight is 172 g/mol. The van der Waals surface area contributed by atoms with Crippen LogP contribution >= 0.6 is 0 Å². The normalized spacial score (nSPS) is 7.85. The zero-order chi connectivity index (χ0) is 9.23. The van der Waals surface area contributed by atoms with Crippen molar-refractivity contribution in [3.63, 3.8) is 0 Å². The van der Waals surface area contributed by atoms with Crippen molar-refractivity contribution in [2.75, 3.05) is 13.2 Å². The standard InChI is InChI=1S/C7H7.C4H10O.Li/c1-7-5-3-2-4-6-7;1-3-5-4-2;/h2-6H,1H2;3-4H2,1-2H3;/q-1;;+1. The van der Waals surface area contributed by atoms with E-state index in [1.54, 1.807) is 0 Å². The molecule has 0 saturated heterocycles. The molecule has 0 atom stereocenters. The summed E-state index contributed by atoms with van der Waals surface area (Å²) < 4.78 is 4.83. The number of hydrogen-bond donors (Lipinski definition) is 0. The molecule has 68 valence electrons. The third-order valence-corrected chi connectivity index (χ3v) is 1.25. The maximum atomic E-state index is 4.83. The van der Waals surface area contributed by atoms with E-state index in [0.717, 1.165) is 18.8 Å². The Balaban J connectivity index is 0. The van der Waals surface area contributed by atoms with Crippen LogP contribution in [-0.2, 0) is 4.74 Å². The first-order valence-corrected chi connectivity index (χ1v) is 4.26. The van der Waals surface area contributed by atoms with Gasteiger partial charge in [0.15, 0.2) is 0 Å². The van der Waals surface area contributed by atoms with Crippen LogP contribution in [0.2, 0.25) is 0 Å². The molecule has 0 fully saturated rings. The Hall–Kier alpha value is -0.353. The molecule has 0 radical (unpaired) electrons. The Morgan fingerprint density at radius 2 is 1.54 bits per heavy atom. The maximum absolute atomic E-state index is 4.83. The molecule has 0 amide bonds. The fourth-order valence-electron chi connectivity index (χ4n) is 0.682. The quantitative estimate of drug-likeness (QED) is 0.447. The summed E-state index contributed by atoms with van der Waals surface area (Å²) in [4.78, 5) is 0. The first kappa shape index (κ1) is 15.1. The van der Waals surface area contributed by atoms with Gasteiger partial charge in [-0.25, -0.2) is 0 Å². The van der Waals surface area contributed by atoms with E-state index in [-0.39, 0.29) is 18.9 Å². The Kier molecular flexibility index (Phi) is 13.6. The second-order valence-electron chi connectivity index (χ2n) is 2.27. The van der Waals surface area contributed by atoms with Gasteiger partial charge in [0, 0.05) is 13.2 Å². The Labute approximate surface area is 93.7 Å². The van der Waals surface area contributed by atoms with Crippen LogP contribution in [0, 0.1) is 6.92 Å². The molecule has 0 heterocycles. The molecule has 2 heteroatoms. The number of rotatable bonds is 2. The van der Waals surface area contributed by atoms with Gasteiger partial charge in [0.2, 0.25) is 0 Å². The second kappa shape index (κ2) is 11.6. The first-order chi connectivity index (χ1) is 5.81. The fraction of sp³-hybridized carbons (Fsp3) is 0.364. The van der Waals surface area contributed by atoms with E-state index in [9.17, 15) is 0 Å². The molecule has 1 aromatic carbocycles. The van der Waals surface area contributed by atoms with Crippen LogP contribution in [0.15, 0.2) is 30.3 Å². The van der Waals surface area contributed by atoms with E-state index < -0.39 is 0 Å². The van der Waals surface area contributed by atoms with Crippen molar-refractivity contribution in [1.29, 1.82) is 0 Å². The van der Waals surface area contributed by atoms with Crippen molar-refractivity contribution < 1.29 is 23.6 Å². The molecule has 0 saturated carbocycles. The third kappa shape index (κ3) is 11.6. The summed E-state index contributed by atoms with van der Waals surface area (Å²) in [7, 11) is 0. The zero-order valence-corrected chi connectivity index (χ0v) is 8.92. The van der Waals surface area contributed by atoms with Crippen LogP contribution in [0.5, 0.6) is 0 Å². The molecule has 0 aromatic heterocycles. The largest absolute Gasteiger partial charge is 1.00 e. The summed E-state index contributed by atoms with van der Waals surface area (Å²) in [5, 5.41) is 0. The Morgan fingerprint density at radius 1 is 1.08 bits per heavy atom. The Bertz CT molecular complexity index is 173. The van der Waals surface area contributed by atoms with Crippen molar-refractivity contribution in [3.8, 4) is 0 Å². The van der Waals surface area contributed by atoms with E-state index in [0.29, 0.717) is 0 Å². The summed E-state index contributed by atoms with van der Waals surface area (Å²) in [6, 6.07) is 9.87. The molecule has 0 aliphatic heterocycles. The minimum Gasteiger partial charge on any atom is -0.382 e. The number of benzene rings is 1. The Morgan fingerprint density at radius 3 is 1.69 bits per heavy atom. The van der Waals surface area contributed by atoms with Gasteiger partial charge in [-0.05, 0) is 13.8 Å². The van der Waals surface area contributed by atoms with Crippen molar-refractivity contribution in [3.05, 3.63) is 42.8 Å². The smallest absolute Gasteiger partial charge is 0.382 e. The zero-order valence-electron chi connectivity index (χ0n) is 8.92. The average Bonchev–Trinajstić information content (AvgIpc) is 2.08. The van der Waals surface area contributed by atoms with Crippen LogP contribution in [0.3, 0.4) is 0 Å². The monoisotopic (exact) mass is 172 g/mol. The van der Waals surface area contributed by atoms with Gasteiger partial charge in [-0.2, -0.15) is 24.6 Å². The molecule has 0 N–H and O–H groups in total. The molecule has 0 aliphatic carbocycles. The molecule has 0 bridgehead atoms. The molecule has 1 rings (SSSR count). The van der Waals surface area contributed by atoms with Crippen LogP contribution in [0.1, 0.15) is 19.4 Å². The SMILES string of the molecule is CCOCC.[CH2-]c1ccccc1.[Li+]. The van der Waals surface area contributed by atoms with Gasteiger partial charge >= 0.3 is 18.9 Å². The van der Waals surface area contributed by atoms with Crippen molar-refractivity contribution >= 4 is 0 Å². The van der Waals surface area contributed by atoms with E-state index in [2.05, 4.69) is 6.92 Å². The maximum Gasteiger partial charge on any atom is 1.00 e. The van der Waals surface area contributed by atoms with Gasteiger partial charge < -0.3 is 4.74 Å². The molecule has 0 aliphatic rings. The molecular weight excluding hydrogens is 155 g/mol. The van der Waals surface area contributed by atoms with E-state index >= 15 is 0 Å².